The minimum atomic E-state index is -0.460. The summed E-state index contributed by atoms with van der Waals surface area (Å²) in [6.45, 7) is 1.95. The quantitative estimate of drug-likeness (QED) is 0.798. The minimum absolute atomic E-state index is 0.0826. The Bertz CT molecular complexity index is 775. The van der Waals surface area contributed by atoms with Crippen molar-refractivity contribution in [2.45, 2.75) is 13.0 Å². The first-order chi connectivity index (χ1) is 10.6. The predicted octanol–water partition coefficient (Wildman–Crippen LogP) is 3.63. The average molecular weight is 318 g/mol. The maximum atomic E-state index is 13.5. The molecule has 2 heterocycles. The highest BCUT2D eigenvalue weighted by molar-refractivity contribution is 6.30. The Morgan fingerprint density at radius 3 is 2.73 bits per heavy atom. The molecule has 112 valence electrons. The summed E-state index contributed by atoms with van der Waals surface area (Å²) in [5.74, 6) is 0.0698. The largest absolute Gasteiger partial charge is 0.346 e. The zero-order valence-electron chi connectivity index (χ0n) is 11.7. The van der Waals surface area contributed by atoms with E-state index in [1.807, 2.05) is 13.1 Å². The van der Waals surface area contributed by atoms with Gasteiger partial charge in [-0.3, -0.25) is 0 Å². The van der Waals surface area contributed by atoms with Gasteiger partial charge in [0.15, 0.2) is 0 Å². The summed E-state index contributed by atoms with van der Waals surface area (Å²) in [6, 6.07) is 6.28. The third-order valence-corrected chi connectivity index (χ3v) is 3.47. The smallest absolute Gasteiger partial charge is 0.223 e. The number of benzene rings is 1. The molecule has 1 atom stereocenters. The van der Waals surface area contributed by atoms with E-state index in [0.717, 1.165) is 5.69 Å². The molecule has 0 saturated heterocycles. The van der Waals surface area contributed by atoms with Crippen molar-refractivity contribution in [3.63, 3.8) is 0 Å². The van der Waals surface area contributed by atoms with Crippen LogP contribution < -0.4 is 5.32 Å². The molecule has 3 rings (SSSR count). The number of imidazole rings is 1. The van der Waals surface area contributed by atoms with E-state index in [0.29, 0.717) is 11.6 Å². The Morgan fingerprint density at radius 2 is 2.00 bits per heavy atom. The Hall–Kier alpha value is -2.47. The molecule has 0 amide bonds. The van der Waals surface area contributed by atoms with Crippen molar-refractivity contribution >= 4 is 17.5 Å². The fourth-order valence-corrected chi connectivity index (χ4v) is 2.11. The molecule has 22 heavy (non-hydrogen) atoms. The fourth-order valence-electron chi connectivity index (χ4n) is 1.99. The summed E-state index contributed by atoms with van der Waals surface area (Å²) in [7, 11) is 0. The number of rotatable bonds is 4. The van der Waals surface area contributed by atoms with E-state index < -0.39 is 5.82 Å². The van der Waals surface area contributed by atoms with Crippen LogP contribution in [0.3, 0.4) is 0 Å². The Morgan fingerprint density at radius 1 is 1.23 bits per heavy atom. The number of aromatic nitrogens is 4. The van der Waals surface area contributed by atoms with Gasteiger partial charge >= 0.3 is 0 Å². The Labute approximate surface area is 131 Å². The van der Waals surface area contributed by atoms with Gasteiger partial charge in [0, 0.05) is 24.3 Å². The van der Waals surface area contributed by atoms with Crippen molar-refractivity contribution in [3.8, 4) is 5.69 Å². The van der Waals surface area contributed by atoms with E-state index in [1.165, 1.54) is 12.1 Å². The third kappa shape index (κ3) is 3.07. The van der Waals surface area contributed by atoms with Crippen LogP contribution in [0.15, 0.2) is 49.2 Å². The zero-order valence-corrected chi connectivity index (χ0v) is 12.5. The summed E-state index contributed by atoms with van der Waals surface area (Å²) in [4.78, 5) is 12.5. The van der Waals surface area contributed by atoms with E-state index in [2.05, 4.69) is 20.3 Å². The third-order valence-electron chi connectivity index (χ3n) is 3.16. The molecule has 0 aliphatic carbocycles. The van der Waals surface area contributed by atoms with Crippen LogP contribution in [0.25, 0.3) is 5.69 Å². The highest BCUT2D eigenvalue weighted by Gasteiger charge is 2.11. The van der Waals surface area contributed by atoms with Gasteiger partial charge in [-0.05, 0) is 31.2 Å². The predicted molar refractivity (Wildman–Crippen MR) is 82.6 cm³/mol. The molecule has 0 unspecified atom stereocenters. The highest BCUT2D eigenvalue weighted by Crippen LogP contribution is 2.20. The molecule has 2 aromatic heterocycles. The number of nitrogens with one attached hydrogen (secondary N) is 1. The minimum Gasteiger partial charge on any atom is -0.346 e. The lowest BCUT2D eigenvalue weighted by Gasteiger charge is -2.10. The molecule has 0 saturated carbocycles. The van der Waals surface area contributed by atoms with Crippen LogP contribution in [0, 0.1) is 5.82 Å². The molecule has 0 radical (unpaired) electrons. The normalized spacial score (nSPS) is 12.1. The second-order valence-corrected chi connectivity index (χ2v) is 5.15. The highest BCUT2D eigenvalue weighted by atomic mass is 35.5. The molecule has 1 aromatic carbocycles. The first-order valence-corrected chi connectivity index (χ1v) is 7.04. The molecule has 5 nitrogen and oxygen atoms in total. The summed E-state index contributed by atoms with van der Waals surface area (Å²) in [5.41, 5.74) is 1.45. The van der Waals surface area contributed by atoms with E-state index in [1.54, 1.807) is 35.4 Å². The first-order valence-electron chi connectivity index (χ1n) is 6.66. The lowest BCUT2D eigenvalue weighted by atomic mass is 10.2. The lowest BCUT2D eigenvalue weighted by molar-refractivity contribution is 0.627. The van der Waals surface area contributed by atoms with Crippen molar-refractivity contribution in [1.82, 2.24) is 19.5 Å². The second kappa shape index (κ2) is 6.11. The van der Waals surface area contributed by atoms with Crippen LogP contribution in [0.5, 0.6) is 0 Å². The summed E-state index contributed by atoms with van der Waals surface area (Å²) < 4.78 is 15.3. The van der Waals surface area contributed by atoms with Crippen LogP contribution in [0.1, 0.15) is 18.7 Å². The van der Waals surface area contributed by atoms with Gasteiger partial charge in [-0.25, -0.2) is 19.3 Å². The second-order valence-electron chi connectivity index (χ2n) is 4.74. The standard InChI is InChI=1S/C15H13ClFN5/c1-10(21-15-18-5-2-6-19-15)14-8-22(9-20-14)11-3-4-12(16)13(17)7-11/h2-10H,1H3,(H,18,19,21)/t10-/m0/s1. The number of halogens is 2. The summed E-state index contributed by atoms with van der Waals surface area (Å²) in [6.07, 6.45) is 6.78. The van der Waals surface area contributed by atoms with Gasteiger partial charge in [0.05, 0.1) is 23.1 Å². The molecule has 0 spiro atoms. The van der Waals surface area contributed by atoms with E-state index in [-0.39, 0.29) is 11.1 Å². The maximum Gasteiger partial charge on any atom is 0.223 e. The molecule has 7 heteroatoms. The van der Waals surface area contributed by atoms with Crippen LogP contribution in [-0.2, 0) is 0 Å². The van der Waals surface area contributed by atoms with Gasteiger partial charge < -0.3 is 9.88 Å². The Kier molecular flexibility index (Phi) is 4.02. The molecule has 0 bridgehead atoms. The van der Waals surface area contributed by atoms with E-state index >= 15 is 0 Å². The van der Waals surface area contributed by atoms with Crippen molar-refractivity contribution < 1.29 is 4.39 Å². The zero-order chi connectivity index (χ0) is 15.5. The molecule has 1 N–H and O–H groups in total. The molecular formula is C15H13ClFN5. The van der Waals surface area contributed by atoms with Crippen molar-refractivity contribution in [2.24, 2.45) is 0 Å². The van der Waals surface area contributed by atoms with E-state index in [4.69, 9.17) is 11.6 Å². The number of anilines is 1. The Balaban J connectivity index is 1.79. The monoisotopic (exact) mass is 317 g/mol. The molecule has 3 aromatic rings. The first kappa shape index (κ1) is 14.5. The topological polar surface area (TPSA) is 55.6 Å². The SMILES string of the molecule is C[C@H](Nc1ncccn1)c1cn(-c2ccc(Cl)c(F)c2)cn1. The van der Waals surface area contributed by atoms with Gasteiger partial charge in [0.2, 0.25) is 5.95 Å². The number of nitrogens with zero attached hydrogens (tertiary/aromatic N) is 4. The van der Waals surface area contributed by atoms with Gasteiger partial charge in [-0.15, -0.1) is 0 Å². The van der Waals surface area contributed by atoms with Crippen LogP contribution in [-0.4, -0.2) is 19.5 Å². The summed E-state index contributed by atoms with van der Waals surface area (Å²) in [5, 5.41) is 3.25. The lowest BCUT2D eigenvalue weighted by Crippen LogP contribution is -2.09. The van der Waals surface area contributed by atoms with Crippen LogP contribution >= 0.6 is 11.6 Å². The van der Waals surface area contributed by atoms with Gasteiger partial charge in [-0.1, -0.05) is 11.6 Å². The maximum absolute atomic E-state index is 13.5. The molecule has 0 aliphatic heterocycles. The van der Waals surface area contributed by atoms with Crippen molar-refractivity contribution in [3.05, 3.63) is 65.7 Å². The van der Waals surface area contributed by atoms with Crippen LogP contribution in [0.2, 0.25) is 5.02 Å². The van der Waals surface area contributed by atoms with Gasteiger partial charge in [0.1, 0.15) is 5.82 Å². The summed E-state index contributed by atoms with van der Waals surface area (Å²) >= 11 is 5.69. The average Bonchev–Trinajstić information content (AvgIpc) is 3.01. The van der Waals surface area contributed by atoms with Crippen molar-refractivity contribution in [2.75, 3.05) is 5.32 Å². The fraction of sp³-hybridized carbons (Fsp3) is 0.133. The van der Waals surface area contributed by atoms with Gasteiger partial charge in [0.25, 0.3) is 0 Å². The number of hydrogen-bond acceptors (Lipinski definition) is 4. The molecular weight excluding hydrogens is 305 g/mol. The van der Waals surface area contributed by atoms with E-state index in [9.17, 15) is 4.39 Å². The number of hydrogen-bond donors (Lipinski definition) is 1. The molecule has 0 aliphatic rings. The van der Waals surface area contributed by atoms with Gasteiger partial charge in [-0.2, -0.15) is 0 Å². The van der Waals surface area contributed by atoms with Crippen molar-refractivity contribution in [1.29, 1.82) is 0 Å². The molecule has 0 fully saturated rings. The van der Waals surface area contributed by atoms with Crippen LogP contribution in [0.4, 0.5) is 10.3 Å².